The molecule has 0 fully saturated rings. The molecule has 0 aliphatic carbocycles. The minimum absolute atomic E-state index is 0.317. The van der Waals surface area contributed by atoms with Gasteiger partial charge in [-0.25, -0.2) is 0 Å². The molecule has 12 heavy (non-hydrogen) atoms. The maximum Gasteiger partial charge on any atom is 0.402 e. The molecule has 1 heterocycles. The first kappa shape index (κ1) is 9.12. The lowest BCUT2D eigenvalue weighted by atomic mass is 10.4. The van der Waals surface area contributed by atoms with Crippen LogP contribution in [0.25, 0.3) is 6.08 Å². The van der Waals surface area contributed by atoms with E-state index < -0.39 is 11.9 Å². The largest absolute Gasteiger partial charge is 0.869 e. The third-order valence-electron chi connectivity index (χ3n) is 1.10. The summed E-state index contributed by atoms with van der Waals surface area (Å²) in [4.78, 5) is 0.317. The molecule has 0 atom stereocenters. The van der Waals surface area contributed by atoms with Crippen LogP contribution in [-0.4, -0.2) is 6.18 Å². The van der Waals surface area contributed by atoms with E-state index in [-0.39, 0.29) is 0 Å². The van der Waals surface area contributed by atoms with E-state index in [1.54, 1.807) is 11.4 Å². The zero-order valence-electron chi connectivity index (χ0n) is 5.76. The van der Waals surface area contributed by atoms with Crippen LogP contribution in [0.3, 0.4) is 0 Å². The zero-order valence-corrected chi connectivity index (χ0v) is 6.58. The molecule has 1 nitrogen and oxygen atoms in total. The number of allylic oxidation sites excluding steroid dienone is 1. The second-order valence-electron chi connectivity index (χ2n) is 2.02. The Bertz CT molecular complexity index is 273. The molecule has 0 saturated carbocycles. The van der Waals surface area contributed by atoms with Gasteiger partial charge in [0.05, 0.1) is 0 Å². The first-order chi connectivity index (χ1) is 5.50. The highest BCUT2D eigenvalue weighted by Crippen LogP contribution is 2.24. The van der Waals surface area contributed by atoms with Gasteiger partial charge < -0.3 is 5.11 Å². The van der Waals surface area contributed by atoms with Gasteiger partial charge in [-0.05, 0) is 23.3 Å². The van der Waals surface area contributed by atoms with E-state index in [1.807, 2.05) is 0 Å². The summed E-state index contributed by atoms with van der Waals surface area (Å²) < 4.78 is 35.0. The number of alkyl halides is 3. The van der Waals surface area contributed by atoms with Gasteiger partial charge in [0.2, 0.25) is 0 Å². The maximum atomic E-state index is 11.7. The summed E-state index contributed by atoms with van der Waals surface area (Å²) in [7, 11) is 0. The fourth-order valence-electron chi connectivity index (χ4n) is 0.584. The predicted molar refractivity (Wildman–Crippen MR) is 38.4 cm³/mol. The third-order valence-corrected chi connectivity index (χ3v) is 1.92. The van der Waals surface area contributed by atoms with Gasteiger partial charge in [0.15, 0.2) is 0 Å². The van der Waals surface area contributed by atoms with Crippen molar-refractivity contribution in [2.24, 2.45) is 0 Å². The van der Waals surface area contributed by atoms with E-state index >= 15 is 0 Å². The monoisotopic (exact) mass is 193 g/mol. The van der Waals surface area contributed by atoms with Gasteiger partial charge in [-0.2, -0.15) is 13.2 Å². The van der Waals surface area contributed by atoms with E-state index in [4.69, 9.17) is 0 Å². The molecule has 0 unspecified atom stereocenters. The van der Waals surface area contributed by atoms with E-state index in [2.05, 4.69) is 0 Å². The normalized spacial score (nSPS) is 13.4. The lowest BCUT2D eigenvalue weighted by molar-refractivity contribution is -0.357. The van der Waals surface area contributed by atoms with Gasteiger partial charge in [0.25, 0.3) is 0 Å². The molecule has 0 aromatic carbocycles. The predicted octanol–water partition coefficient (Wildman–Crippen LogP) is 2.01. The van der Waals surface area contributed by atoms with Crippen molar-refractivity contribution in [3.63, 3.8) is 0 Å². The molecular weight excluding hydrogens is 189 g/mol. The summed E-state index contributed by atoms with van der Waals surface area (Å²) in [6.45, 7) is 0. The summed E-state index contributed by atoms with van der Waals surface area (Å²) in [6.07, 6.45) is -4.17. The lowest BCUT2D eigenvalue weighted by Crippen LogP contribution is -2.22. The molecule has 0 N–H and O–H groups in total. The van der Waals surface area contributed by atoms with E-state index in [0.717, 1.165) is 11.3 Å². The van der Waals surface area contributed by atoms with Gasteiger partial charge in [-0.3, -0.25) is 0 Å². The Morgan fingerprint density at radius 3 is 2.58 bits per heavy atom. The summed E-state index contributed by atoms with van der Waals surface area (Å²) in [5, 5.41) is 12.0. The highest BCUT2D eigenvalue weighted by molar-refractivity contribution is 7.10. The maximum absolute atomic E-state index is 11.7. The van der Waals surface area contributed by atoms with Crippen LogP contribution in [0.5, 0.6) is 0 Å². The van der Waals surface area contributed by atoms with Crippen LogP contribution in [-0.2, 0) is 0 Å². The molecule has 1 aromatic heterocycles. The van der Waals surface area contributed by atoms with Crippen molar-refractivity contribution in [2.75, 3.05) is 0 Å². The molecule has 0 aliphatic heterocycles. The fraction of sp³-hybridized carbons (Fsp3) is 0.143. The molecule has 0 aliphatic rings. The molecule has 0 radical (unpaired) electrons. The Morgan fingerprint density at radius 1 is 1.50 bits per heavy atom. The zero-order chi connectivity index (χ0) is 9.19. The lowest BCUT2D eigenvalue weighted by Gasteiger charge is -2.14. The van der Waals surface area contributed by atoms with Gasteiger partial charge in [0.1, 0.15) is 0 Å². The molecule has 66 valence electrons. The Labute approximate surface area is 70.8 Å². The van der Waals surface area contributed by atoms with Gasteiger partial charge >= 0.3 is 6.18 Å². The Hall–Kier alpha value is -0.970. The highest BCUT2D eigenvalue weighted by Gasteiger charge is 2.25. The van der Waals surface area contributed by atoms with Crippen LogP contribution in [0, 0.1) is 0 Å². The SMILES string of the molecule is [O-]/C(=C\c1cccs1)C(F)(F)F. The van der Waals surface area contributed by atoms with Crippen molar-refractivity contribution in [3.05, 3.63) is 28.1 Å². The fourth-order valence-corrected chi connectivity index (χ4v) is 1.23. The second kappa shape index (κ2) is 3.18. The average molecular weight is 193 g/mol. The van der Waals surface area contributed by atoms with E-state index in [9.17, 15) is 18.3 Å². The molecule has 0 bridgehead atoms. The van der Waals surface area contributed by atoms with Gasteiger partial charge in [0, 0.05) is 4.88 Å². The summed E-state index contributed by atoms with van der Waals surface area (Å²) in [5.74, 6) is -1.81. The number of hydrogen-bond acceptors (Lipinski definition) is 2. The molecular formula is C7H4F3OS-. The summed E-state index contributed by atoms with van der Waals surface area (Å²) in [5.41, 5.74) is 0. The van der Waals surface area contributed by atoms with Gasteiger partial charge in [-0.1, -0.05) is 6.07 Å². The average Bonchev–Trinajstić information content (AvgIpc) is 2.37. The van der Waals surface area contributed by atoms with E-state index in [0.29, 0.717) is 11.0 Å². The molecule has 0 spiro atoms. The first-order valence-corrected chi connectivity index (χ1v) is 3.87. The van der Waals surface area contributed by atoms with Crippen LogP contribution in [0.2, 0.25) is 0 Å². The molecule has 1 rings (SSSR count). The number of halogens is 3. The summed E-state index contributed by atoms with van der Waals surface area (Å²) >= 11 is 1.09. The summed E-state index contributed by atoms with van der Waals surface area (Å²) in [6, 6.07) is 3.04. The van der Waals surface area contributed by atoms with Crippen LogP contribution in [0.15, 0.2) is 23.3 Å². The Morgan fingerprint density at radius 2 is 2.17 bits per heavy atom. The van der Waals surface area contributed by atoms with Crippen molar-refractivity contribution >= 4 is 17.4 Å². The van der Waals surface area contributed by atoms with Crippen LogP contribution in [0.1, 0.15) is 4.88 Å². The topological polar surface area (TPSA) is 23.1 Å². The number of rotatable bonds is 1. The molecule has 1 aromatic rings. The Kier molecular flexibility index (Phi) is 2.42. The molecule has 0 saturated heterocycles. The van der Waals surface area contributed by atoms with Crippen LogP contribution in [0.4, 0.5) is 13.2 Å². The van der Waals surface area contributed by atoms with Crippen molar-refractivity contribution in [3.8, 4) is 0 Å². The molecule has 0 amide bonds. The first-order valence-electron chi connectivity index (χ1n) is 2.99. The van der Waals surface area contributed by atoms with Crippen molar-refractivity contribution in [1.29, 1.82) is 0 Å². The second-order valence-corrected chi connectivity index (χ2v) is 3.00. The minimum atomic E-state index is -4.76. The van der Waals surface area contributed by atoms with Crippen LogP contribution >= 0.6 is 11.3 Å². The smallest absolute Gasteiger partial charge is 0.402 e. The van der Waals surface area contributed by atoms with Crippen molar-refractivity contribution in [2.45, 2.75) is 6.18 Å². The van der Waals surface area contributed by atoms with Crippen LogP contribution < -0.4 is 5.11 Å². The number of thiophene rings is 1. The quantitative estimate of drug-likeness (QED) is 0.625. The van der Waals surface area contributed by atoms with Gasteiger partial charge in [-0.15, -0.1) is 11.3 Å². The van der Waals surface area contributed by atoms with E-state index in [1.165, 1.54) is 6.07 Å². The highest BCUT2D eigenvalue weighted by atomic mass is 32.1. The standard InChI is InChI=1S/C7H5F3OS/c8-7(9,10)6(11)4-5-2-1-3-12-5/h1-4,11H/p-1/b6-4-. The number of hydrogen-bond donors (Lipinski definition) is 0. The Balaban J connectivity index is 2.84. The van der Waals surface area contributed by atoms with Crippen molar-refractivity contribution < 1.29 is 18.3 Å². The molecule has 5 heteroatoms. The third kappa shape index (κ3) is 2.27. The van der Waals surface area contributed by atoms with Crippen molar-refractivity contribution in [1.82, 2.24) is 0 Å². The minimum Gasteiger partial charge on any atom is -0.869 e.